The number of hydrogen-bond acceptors (Lipinski definition) is 1. The zero-order valence-electron chi connectivity index (χ0n) is 8.66. The summed E-state index contributed by atoms with van der Waals surface area (Å²) < 4.78 is 0. The molecule has 0 aromatic heterocycles. The molecule has 0 fully saturated rings. The Morgan fingerprint density at radius 1 is 1.29 bits per heavy atom. The first-order valence-corrected chi connectivity index (χ1v) is 4.40. The Hall–Kier alpha value is -1.75. The van der Waals surface area contributed by atoms with Gasteiger partial charge in [0.15, 0.2) is 0 Å². The van der Waals surface area contributed by atoms with Gasteiger partial charge in [-0.2, -0.15) is 0 Å². The molecule has 2 heteroatoms. The van der Waals surface area contributed by atoms with Gasteiger partial charge in [-0.15, -0.1) is 5.92 Å². The van der Waals surface area contributed by atoms with Crippen LogP contribution in [0.4, 0.5) is 0 Å². The predicted molar refractivity (Wildman–Crippen MR) is 57.0 cm³/mol. The largest absolute Gasteiger partial charge is 0.345 e. The SMILES string of the molecule is CC#Cc1ccccc1C(=O)N(C)C. The lowest BCUT2D eigenvalue weighted by molar-refractivity contribution is 0.0827. The van der Waals surface area contributed by atoms with Crippen LogP contribution in [0.15, 0.2) is 24.3 Å². The number of carbonyl (C=O) groups excluding carboxylic acids is 1. The molecule has 1 aromatic carbocycles. The van der Waals surface area contributed by atoms with Gasteiger partial charge in [0.1, 0.15) is 0 Å². The molecule has 0 atom stereocenters. The molecule has 0 unspecified atom stereocenters. The summed E-state index contributed by atoms with van der Waals surface area (Å²) >= 11 is 0. The fourth-order valence-corrected chi connectivity index (χ4v) is 1.15. The highest BCUT2D eigenvalue weighted by molar-refractivity contribution is 5.96. The maximum absolute atomic E-state index is 11.7. The van der Waals surface area contributed by atoms with E-state index in [1.807, 2.05) is 18.2 Å². The van der Waals surface area contributed by atoms with E-state index in [1.165, 1.54) is 0 Å². The van der Waals surface area contributed by atoms with Gasteiger partial charge >= 0.3 is 0 Å². The van der Waals surface area contributed by atoms with Gasteiger partial charge in [0, 0.05) is 19.7 Å². The predicted octanol–water partition coefficient (Wildman–Crippen LogP) is 1.76. The highest BCUT2D eigenvalue weighted by Crippen LogP contribution is 2.09. The molecule has 0 N–H and O–H groups in total. The maximum Gasteiger partial charge on any atom is 0.254 e. The standard InChI is InChI=1S/C12H13NO/c1-4-7-10-8-5-6-9-11(10)12(14)13(2)3/h5-6,8-9H,1-3H3. The Morgan fingerprint density at radius 3 is 2.50 bits per heavy atom. The molecule has 0 aliphatic carbocycles. The lowest BCUT2D eigenvalue weighted by Crippen LogP contribution is -2.22. The van der Waals surface area contributed by atoms with Gasteiger partial charge in [-0.3, -0.25) is 4.79 Å². The van der Waals surface area contributed by atoms with Crippen molar-refractivity contribution in [2.24, 2.45) is 0 Å². The fraction of sp³-hybridized carbons (Fsp3) is 0.250. The van der Waals surface area contributed by atoms with Crippen molar-refractivity contribution < 1.29 is 4.79 Å². The molecular weight excluding hydrogens is 174 g/mol. The molecule has 1 rings (SSSR count). The topological polar surface area (TPSA) is 20.3 Å². The van der Waals surface area contributed by atoms with E-state index in [4.69, 9.17) is 0 Å². The Labute approximate surface area is 84.5 Å². The van der Waals surface area contributed by atoms with E-state index < -0.39 is 0 Å². The van der Waals surface area contributed by atoms with Gasteiger partial charge in [0.05, 0.1) is 5.56 Å². The third-order valence-corrected chi connectivity index (χ3v) is 1.82. The van der Waals surface area contributed by atoms with Crippen LogP contribution in [0.2, 0.25) is 0 Å². The molecule has 0 saturated heterocycles. The zero-order chi connectivity index (χ0) is 10.6. The van der Waals surface area contributed by atoms with Crippen molar-refractivity contribution in [1.29, 1.82) is 0 Å². The lowest BCUT2D eigenvalue weighted by Gasteiger charge is -2.11. The average Bonchev–Trinajstić information content (AvgIpc) is 2.18. The van der Waals surface area contributed by atoms with E-state index in [9.17, 15) is 4.79 Å². The molecule has 14 heavy (non-hydrogen) atoms. The number of carbonyl (C=O) groups is 1. The van der Waals surface area contributed by atoms with Crippen molar-refractivity contribution in [3.05, 3.63) is 35.4 Å². The molecule has 1 amide bonds. The monoisotopic (exact) mass is 187 g/mol. The molecule has 0 aliphatic rings. The maximum atomic E-state index is 11.7. The Kier molecular flexibility index (Phi) is 3.30. The number of rotatable bonds is 1. The zero-order valence-corrected chi connectivity index (χ0v) is 8.66. The highest BCUT2D eigenvalue weighted by atomic mass is 16.2. The number of nitrogens with zero attached hydrogens (tertiary/aromatic N) is 1. The van der Waals surface area contributed by atoms with Crippen molar-refractivity contribution in [2.45, 2.75) is 6.92 Å². The quantitative estimate of drug-likeness (QED) is 0.613. The Morgan fingerprint density at radius 2 is 1.93 bits per heavy atom. The fourth-order valence-electron chi connectivity index (χ4n) is 1.15. The van der Waals surface area contributed by atoms with Crippen LogP contribution in [0.25, 0.3) is 0 Å². The van der Waals surface area contributed by atoms with Crippen molar-refractivity contribution in [2.75, 3.05) is 14.1 Å². The van der Waals surface area contributed by atoms with Crippen molar-refractivity contribution >= 4 is 5.91 Å². The second-order valence-corrected chi connectivity index (χ2v) is 3.12. The second-order valence-electron chi connectivity index (χ2n) is 3.12. The number of hydrogen-bond donors (Lipinski definition) is 0. The van der Waals surface area contributed by atoms with Crippen LogP contribution < -0.4 is 0 Å². The van der Waals surface area contributed by atoms with Gasteiger partial charge in [-0.25, -0.2) is 0 Å². The summed E-state index contributed by atoms with van der Waals surface area (Å²) in [5.74, 6) is 5.70. The van der Waals surface area contributed by atoms with E-state index in [0.29, 0.717) is 5.56 Å². The van der Waals surface area contributed by atoms with Crippen LogP contribution in [-0.4, -0.2) is 24.9 Å². The summed E-state index contributed by atoms with van der Waals surface area (Å²) in [7, 11) is 3.47. The summed E-state index contributed by atoms with van der Waals surface area (Å²) in [6.07, 6.45) is 0. The molecule has 0 heterocycles. The molecule has 1 aromatic rings. The summed E-state index contributed by atoms with van der Waals surface area (Å²) in [5, 5.41) is 0. The van der Waals surface area contributed by atoms with E-state index in [-0.39, 0.29) is 5.91 Å². The first-order chi connectivity index (χ1) is 6.66. The van der Waals surface area contributed by atoms with Gasteiger partial charge in [0.2, 0.25) is 0 Å². The normalized spacial score (nSPS) is 8.79. The second kappa shape index (κ2) is 4.48. The molecule has 0 saturated carbocycles. The summed E-state index contributed by atoms with van der Waals surface area (Å²) in [5.41, 5.74) is 1.44. The first kappa shape index (κ1) is 10.3. The van der Waals surface area contributed by atoms with Crippen LogP contribution in [-0.2, 0) is 0 Å². The molecule has 0 spiro atoms. The van der Waals surface area contributed by atoms with E-state index in [2.05, 4.69) is 11.8 Å². The minimum Gasteiger partial charge on any atom is -0.345 e. The average molecular weight is 187 g/mol. The lowest BCUT2D eigenvalue weighted by atomic mass is 10.1. The third kappa shape index (κ3) is 2.14. The van der Waals surface area contributed by atoms with Crippen molar-refractivity contribution in [3.8, 4) is 11.8 Å². The minimum atomic E-state index is -0.0108. The first-order valence-electron chi connectivity index (χ1n) is 4.40. The van der Waals surface area contributed by atoms with E-state index in [0.717, 1.165) is 5.56 Å². The van der Waals surface area contributed by atoms with E-state index >= 15 is 0 Å². The highest BCUT2D eigenvalue weighted by Gasteiger charge is 2.10. The van der Waals surface area contributed by atoms with Crippen LogP contribution in [0, 0.1) is 11.8 Å². The van der Waals surface area contributed by atoms with Crippen LogP contribution in [0.5, 0.6) is 0 Å². The molecule has 0 bridgehead atoms. The number of benzene rings is 1. The molecular formula is C12H13NO. The van der Waals surface area contributed by atoms with Crippen LogP contribution >= 0.6 is 0 Å². The summed E-state index contributed by atoms with van der Waals surface area (Å²) in [4.78, 5) is 13.3. The Balaban J connectivity index is 3.17. The van der Waals surface area contributed by atoms with Crippen molar-refractivity contribution in [1.82, 2.24) is 4.90 Å². The van der Waals surface area contributed by atoms with Gasteiger partial charge in [-0.1, -0.05) is 18.1 Å². The van der Waals surface area contributed by atoms with E-state index in [1.54, 1.807) is 32.0 Å². The summed E-state index contributed by atoms with van der Waals surface area (Å²) in [6, 6.07) is 7.37. The molecule has 0 aliphatic heterocycles. The number of amides is 1. The molecule has 2 nitrogen and oxygen atoms in total. The minimum absolute atomic E-state index is 0.0108. The van der Waals surface area contributed by atoms with Crippen molar-refractivity contribution in [3.63, 3.8) is 0 Å². The summed E-state index contributed by atoms with van der Waals surface area (Å²) in [6.45, 7) is 1.76. The van der Waals surface area contributed by atoms with Crippen LogP contribution in [0.3, 0.4) is 0 Å². The molecule has 0 radical (unpaired) electrons. The van der Waals surface area contributed by atoms with Crippen LogP contribution in [0.1, 0.15) is 22.8 Å². The smallest absolute Gasteiger partial charge is 0.254 e. The molecule has 72 valence electrons. The Bertz CT molecular complexity index is 396. The third-order valence-electron chi connectivity index (χ3n) is 1.82. The van der Waals surface area contributed by atoms with Gasteiger partial charge < -0.3 is 4.90 Å². The van der Waals surface area contributed by atoms with Gasteiger partial charge in [-0.05, 0) is 19.1 Å². The van der Waals surface area contributed by atoms with Gasteiger partial charge in [0.25, 0.3) is 5.91 Å².